The molecule has 84 valence electrons. The molecular weight excluding hydrogens is 202 g/mol. The van der Waals surface area contributed by atoms with Crippen molar-refractivity contribution in [2.45, 2.75) is 25.0 Å². The Labute approximate surface area is 85.4 Å². The van der Waals surface area contributed by atoms with Gasteiger partial charge in [0, 0.05) is 18.2 Å². The molecular formula is C9H19NO3S. The summed E-state index contributed by atoms with van der Waals surface area (Å²) in [5, 5.41) is 8.97. The van der Waals surface area contributed by atoms with Gasteiger partial charge in [0.05, 0.1) is 11.9 Å². The van der Waals surface area contributed by atoms with Gasteiger partial charge >= 0.3 is 0 Å². The summed E-state index contributed by atoms with van der Waals surface area (Å²) in [5.41, 5.74) is 5.24. The predicted octanol–water partition coefficient (Wildman–Crippen LogP) is -0.233. The van der Waals surface area contributed by atoms with E-state index in [-0.39, 0.29) is 23.2 Å². The maximum atomic E-state index is 11.4. The van der Waals surface area contributed by atoms with E-state index >= 15 is 0 Å². The first-order valence-electron chi connectivity index (χ1n) is 4.85. The highest BCUT2D eigenvalue weighted by atomic mass is 32.2. The van der Waals surface area contributed by atoms with Crippen molar-refractivity contribution in [1.82, 2.24) is 0 Å². The first-order valence-corrected chi connectivity index (χ1v) is 6.81. The first kappa shape index (κ1) is 11.9. The molecule has 4 nitrogen and oxygen atoms in total. The number of aliphatic hydroxyl groups excluding tert-OH is 1. The van der Waals surface area contributed by atoms with Crippen LogP contribution in [0.5, 0.6) is 0 Å². The first-order chi connectivity index (χ1) is 6.35. The second-order valence-electron chi connectivity index (χ2n) is 4.52. The van der Waals surface area contributed by atoms with Crippen LogP contribution in [-0.2, 0) is 9.84 Å². The van der Waals surface area contributed by atoms with Crippen molar-refractivity contribution in [1.29, 1.82) is 0 Å². The lowest BCUT2D eigenvalue weighted by atomic mass is 9.80. The van der Waals surface area contributed by atoms with Crippen LogP contribution in [0.2, 0.25) is 0 Å². The fraction of sp³-hybridized carbons (Fsp3) is 1.00. The fourth-order valence-electron chi connectivity index (χ4n) is 2.28. The summed E-state index contributed by atoms with van der Waals surface area (Å²) in [4.78, 5) is 0. The van der Waals surface area contributed by atoms with Gasteiger partial charge in [-0.05, 0) is 18.8 Å². The average Bonchev–Trinajstić information content (AvgIpc) is 2.43. The van der Waals surface area contributed by atoms with Gasteiger partial charge in [-0.1, -0.05) is 6.92 Å². The number of nitrogens with two attached hydrogens (primary N) is 1. The highest BCUT2D eigenvalue weighted by Crippen LogP contribution is 2.44. The van der Waals surface area contributed by atoms with Crippen LogP contribution in [0.3, 0.4) is 0 Å². The van der Waals surface area contributed by atoms with E-state index in [2.05, 4.69) is 0 Å². The zero-order valence-electron chi connectivity index (χ0n) is 8.73. The van der Waals surface area contributed by atoms with Crippen LogP contribution in [-0.4, -0.2) is 38.2 Å². The molecule has 0 aromatic rings. The van der Waals surface area contributed by atoms with Gasteiger partial charge in [0.2, 0.25) is 0 Å². The molecule has 0 aliphatic heterocycles. The summed E-state index contributed by atoms with van der Waals surface area (Å²) in [5.74, 6) is 0.178. The quantitative estimate of drug-likeness (QED) is 0.689. The lowest BCUT2D eigenvalue weighted by Crippen LogP contribution is -2.37. The predicted molar refractivity (Wildman–Crippen MR) is 55.6 cm³/mol. The van der Waals surface area contributed by atoms with Gasteiger partial charge in [-0.25, -0.2) is 8.42 Å². The molecule has 5 heteroatoms. The second kappa shape index (κ2) is 3.79. The van der Waals surface area contributed by atoms with Gasteiger partial charge in [-0.2, -0.15) is 0 Å². The Balaban J connectivity index is 2.88. The fourth-order valence-corrected chi connectivity index (χ4v) is 3.55. The molecule has 0 saturated heterocycles. The third-order valence-corrected chi connectivity index (χ3v) is 5.19. The molecule has 0 spiro atoms. The summed E-state index contributed by atoms with van der Waals surface area (Å²) < 4.78 is 22.8. The summed E-state index contributed by atoms with van der Waals surface area (Å²) in [7, 11) is -2.99. The number of aliphatic hydroxyl groups is 1. The molecule has 1 fully saturated rings. The van der Waals surface area contributed by atoms with Crippen molar-refractivity contribution in [2.75, 3.05) is 19.4 Å². The van der Waals surface area contributed by atoms with Crippen molar-refractivity contribution in [3.8, 4) is 0 Å². The minimum Gasteiger partial charge on any atom is -0.396 e. The molecule has 0 aromatic carbocycles. The van der Waals surface area contributed by atoms with Crippen molar-refractivity contribution in [3.05, 3.63) is 0 Å². The van der Waals surface area contributed by atoms with E-state index in [0.29, 0.717) is 19.4 Å². The zero-order chi connectivity index (χ0) is 11.0. The molecule has 3 unspecified atom stereocenters. The van der Waals surface area contributed by atoms with E-state index in [0.717, 1.165) is 0 Å². The third-order valence-electron chi connectivity index (χ3n) is 3.62. The largest absolute Gasteiger partial charge is 0.396 e. The topological polar surface area (TPSA) is 80.4 Å². The Bertz CT molecular complexity index is 295. The molecule has 0 bridgehead atoms. The summed E-state index contributed by atoms with van der Waals surface area (Å²) in [6.07, 6.45) is 2.38. The number of hydrogen-bond acceptors (Lipinski definition) is 4. The van der Waals surface area contributed by atoms with Crippen LogP contribution in [0.25, 0.3) is 0 Å². The van der Waals surface area contributed by atoms with Crippen molar-refractivity contribution in [2.24, 2.45) is 17.1 Å². The van der Waals surface area contributed by atoms with E-state index in [9.17, 15) is 13.5 Å². The average molecular weight is 221 g/mol. The van der Waals surface area contributed by atoms with E-state index in [4.69, 9.17) is 5.73 Å². The Kier molecular flexibility index (Phi) is 3.23. The van der Waals surface area contributed by atoms with Crippen LogP contribution in [0, 0.1) is 11.3 Å². The zero-order valence-corrected chi connectivity index (χ0v) is 9.55. The molecule has 0 radical (unpaired) electrons. The lowest BCUT2D eigenvalue weighted by Gasteiger charge is -2.29. The molecule has 14 heavy (non-hydrogen) atoms. The molecule has 1 saturated carbocycles. The summed E-state index contributed by atoms with van der Waals surface area (Å²) in [6, 6.07) is 0. The Morgan fingerprint density at radius 2 is 2.14 bits per heavy atom. The van der Waals surface area contributed by atoms with Crippen LogP contribution < -0.4 is 5.73 Å². The van der Waals surface area contributed by atoms with Gasteiger partial charge < -0.3 is 10.8 Å². The van der Waals surface area contributed by atoms with Crippen molar-refractivity contribution in [3.63, 3.8) is 0 Å². The molecule has 1 aliphatic carbocycles. The van der Waals surface area contributed by atoms with Crippen LogP contribution in [0.4, 0.5) is 0 Å². The van der Waals surface area contributed by atoms with Crippen molar-refractivity contribution < 1.29 is 13.5 Å². The maximum Gasteiger partial charge on any atom is 0.150 e. The minimum absolute atomic E-state index is 0.0172. The van der Waals surface area contributed by atoms with Gasteiger partial charge in [-0.3, -0.25) is 0 Å². The number of hydrogen-bond donors (Lipinski definition) is 2. The van der Waals surface area contributed by atoms with Crippen LogP contribution >= 0.6 is 0 Å². The molecule has 0 heterocycles. The van der Waals surface area contributed by atoms with Crippen LogP contribution in [0.1, 0.15) is 19.8 Å². The van der Waals surface area contributed by atoms with Crippen molar-refractivity contribution >= 4 is 9.84 Å². The lowest BCUT2D eigenvalue weighted by molar-refractivity contribution is 0.0996. The van der Waals surface area contributed by atoms with Gasteiger partial charge in [0.1, 0.15) is 9.84 Å². The normalized spacial score (nSPS) is 38.9. The maximum absolute atomic E-state index is 11.4. The standard InChI is InChI=1S/C9H19NO3S/c1-7-3-8(14(2,12)13)4-9(7,5-10)6-11/h7-8,11H,3-6,10H2,1-2H3. The SMILES string of the molecule is CC1CC(S(C)(=O)=O)CC1(CN)CO. The molecule has 1 rings (SSSR count). The summed E-state index contributed by atoms with van der Waals surface area (Å²) >= 11 is 0. The number of rotatable bonds is 3. The van der Waals surface area contributed by atoms with E-state index < -0.39 is 9.84 Å². The van der Waals surface area contributed by atoms with Gasteiger partial charge in [-0.15, -0.1) is 0 Å². The second-order valence-corrected chi connectivity index (χ2v) is 6.84. The molecule has 0 aromatic heterocycles. The molecule has 0 amide bonds. The van der Waals surface area contributed by atoms with Gasteiger partial charge in [0.25, 0.3) is 0 Å². The monoisotopic (exact) mass is 221 g/mol. The smallest absolute Gasteiger partial charge is 0.150 e. The molecule has 3 atom stereocenters. The Morgan fingerprint density at radius 3 is 2.36 bits per heavy atom. The number of sulfone groups is 1. The molecule has 3 N–H and O–H groups in total. The highest BCUT2D eigenvalue weighted by molar-refractivity contribution is 7.91. The van der Waals surface area contributed by atoms with Crippen LogP contribution in [0.15, 0.2) is 0 Å². The third kappa shape index (κ3) is 1.94. The van der Waals surface area contributed by atoms with E-state index in [1.165, 1.54) is 6.26 Å². The molecule has 1 aliphatic rings. The Morgan fingerprint density at radius 1 is 1.57 bits per heavy atom. The minimum atomic E-state index is -2.99. The van der Waals surface area contributed by atoms with E-state index in [1.54, 1.807) is 0 Å². The highest BCUT2D eigenvalue weighted by Gasteiger charge is 2.46. The van der Waals surface area contributed by atoms with E-state index in [1.807, 2.05) is 6.92 Å². The van der Waals surface area contributed by atoms with Gasteiger partial charge in [0.15, 0.2) is 0 Å². The Hall–Kier alpha value is -0.130. The summed E-state index contributed by atoms with van der Waals surface area (Å²) in [6.45, 7) is 2.31.